The van der Waals surface area contributed by atoms with Gasteiger partial charge in [-0.15, -0.1) is 0 Å². The minimum Gasteiger partial charge on any atom is -0.396 e. The van der Waals surface area contributed by atoms with Crippen molar-refractivity contribution in [1.29, 1.82) is 0 Å². The van der Waals surface area contributed by atoms with E-state index < -0.39 is 0 Å². The van der Waals surface area contributed by atoms with E-state index in [2.05, 4.69) is 52.8 Å². The molecule has 1 nitrogen and oxygen atoms in total. The highest BCUT2D eigenvalue weighted by molar-refractivity contribution is 5.27. The van der Waals surface area contributed by atoms with Crippen molar-refractivity contribution in [2.24, 2.45) is 52.3 Å². The lowest BCUT2D eigenvalue weighted by Gasteiger charge is -2.57. The van der Waals surface area contributed by atoms with Crippen molar-refractivity contribution < 1.29 is 5.11 Å². The molecule has 0 heterocycles. The van der Waals surface area contributed by atoms with E-state index >= 15 is 0 Å². The molecule has 0 amide bonds. The number of hydrogen-bond acceptors (Lipinski definition) is 1. The molecule has 0 saturated heterocycles. The number of hydrogen-bond donors (Lipinski definition) is 1. The van der Waals surface area contributed by atoms with Gasteiger partial charge in [0.25, 0.3) is 0 Å². The Morgan fingerprint density at radius 1 is 0.966 bits per heavy atom. The topological polar surface area (TPSA) is 20.2 Å². The molecule has 3 fully saturated rings. The molecule has 0 aromatic carbocycles. The molecule has 0 aromatic heterocycles. The number of aliphatic hydroxyl groups excluding tert-OH is 1. The third-order valence-corrected chi connectivity index (χ3v) is 10.6. The fourth-order valence-corrected chi connectivity index (χ4v) is 8.29. The molecule has 0 aromatic rings. The summed E-state index contributed by atoms with van der Waals surface area (Å²) in [4.78, 5) is 0. The third kappa shape index (κ3) is 3.58. The van der Waals surface area contributed by atoms with E-state index in [-0.39, 0.29) is 0 Å². The molecule has 9 atom stereocenters. The molecule has 0 spiro atoms. The first-order valence-electron chi connectivity index (χ1n) is 12.8. The summed E-state index contributed by atoms with van der Waals surface area (Å²) >= 11 is 0. The first kappa shape index (κ1) is 21.7. The van der Waals surface area contributed by atoms with E-state index in [9.17, 15) is 5.11 Å². The van der Waals surface area contributed by atoms with E-state index in [0.717, 1.165) is 23.7 Å². The van der Waals surface area contributed by atoms with Gasteiger partial charge in [0.1, 0.15) is 0 Å². The van der Waals surface area contributed by atoms with Gasteiger partial charge >= 0.3 is 0 Å². The van der Waals surface area contributed by atoms with Gasteiger partial charge in [0.2, 0.25) is 0 Å². The van der Waals surface area contributed by atoms with Gasteiger partial charge in [-0.3, -0.25) is 0 Å². The zero-order valence-electron chi connectivity index (χ0n) is 19.8. The molecule has 1 N–H and O–H groups in total. The summed E-state index contributed by atoms with van der Waals surface area (Å²) in [5.74, 6) is 4.98. The van der Waals surface area contributed by atoms with E-state index in [1.54, 1.807) is 0 Å². The van der Waals surface area contributed by atoms with Gasteiger partial charge in [0, 0.05) is 6.61 Å². The molecule has 1 heteroatoms. The zero-order chi connectivity index (χ0) is 20.8. The number of fused-ring (bicyclic) bond motifs is 5. The summed E-state index contributed by atoms with van der Waals surface area (Å²) in [5.41, 5.74) is 3.00. The maximum Gasteiger partial charge on any atom is 0.0462 e. The van der Waals surface area contributed by atoms with Gasteiger partial charge in [0.15, 0.2) is 0 Å². The molecule has 0 bridgehead atoms. The van der Waals surface area contributed by atoms with Crippen LogP contribution >= 0.6 is 0 Å². The van der Waals surface area contributed by atoms with Crippen LogP contribution in [0.25, 0.3) is 0 Å². The second-order valence-corrected chi connectivity index (χ2v) is 12.0. The standard InChI is InChI=1S/C28H46O/c1-19(21(3)18-29)9-10-20(2)24-13-14-25-23-12-11-22-8-6-7-16-27(22,4)26(23)15-17-28(24,25)5/h9-10,12,19-22,24-26,29H,6-8,11,13-18H2,1-5H3/t19-,20+,21?,22?,24+,25-,26-,27-,28+/m0/s1. The fourth-order valence-electron chi connectivity index (χ4n) is 8.29. The quantitative estimate of drug-likeness (QED) is 0.478. The lowest BCUT2D eigenvalue weighted by molar-refractivity contribution is -0.00481. The van der Waals surface area contributed by atoms with Crippen molar-refractivity contribution in [3.05, 3.63) is 23.8 Å². The lowest BCUT2D eigenvalue weighted by atomic mass is 9.48. The molecular formula is C28H46O. The number of rotatable bonds is 5. The second-order valence-electron chi connectivity index (χ2n) is 12.0. The molecule has 2 unspecified atom stereocenters. The molecule has 4 rings (SSSR count). The third-order valence-electron chi connectivity index (χ3n) is 10.6. The SMILES string of the molecule is CC(CO)[C@@H](C)C=C[C@@H](C)[C@H]1CC[C@H]2C3=CCC4CCCC[C@]4(C)[C@H]3CC[C@]12C. The van der Waals surface area contributed by atoms with E-state index in [1.165, 1.54) is 57.8 Å². The van der Waals surface area contributed by atoms with Crippen molar-refractivity contribution in [2.75, 3.05) is 6.61 Å². The lowest BCUT2D eigenvalue weighted by Crippen LogP contribution is -2.48. The van der Waals surface area contributed by atoms with Crippen molar-refractivity contribution in [2.45, 2.75) is 92.4 Å². The van der Waals surface area contributed by atoms with Crippen LogP contribution in [0.3, 0.4) is 0 Å². The highest BCUT2D eigenvalue weighted by atomic mass is 16.3. The van der Waals surface area contributed by atoms with Gasteiger partial charge < -0.3 is 5.11 Å². The summed E-state index contributed by atoms with van der Waals surface area (Å²) in [5, 5.41) is 9.45. The largest absolute Gasteiger partial charge is 0.396 e. The van der Waals surface area contributed by atoms with Crippen molar-refractivity contribution in [1.82, 2.24) is 0 Å². The number of allylic oxidation sites excluding steroid dienone is 4. The van der Waals surface area contributed by atoms with Crippen LogP contribution in [0.4, 0.5) is 0 Å². The molecular weight excluding hydrogens is 352 g/mol. The predicted molar refractivity (Wildman–Crippen MR) is 124 cm³/mol. The van der Waals surface area contributed by atoms with Gasteiger partial charge in [0.05, 0.1) is 0 Å². The number of aliphatic hydroxyl groups is 1. The smallest absolute Gasteiger partial charge is 0.0462 e. The van der Waals surface area contributed by atoms with Crippen LogP contribution in [-0.2, 0) is 0 Å². The second kappa shape index (κ2) is 8.18. The summed E-state index contributed by atoms with van der Waals surface area (Å²) < 4.78 is 0. The summed E-state index contributed by atoms with van der Waals surface area (Å²) in [7, 11) is 0. The Kier molecular flexibility index (Phi) is 6.11. The summed E-state index contributed by atoms with van der Waals surface area (Å²) in [6, 6.07) is 0. The van der Waals surface area contributed by atoms with Crippen LogP contribution in [0.5, 0.6) is 0 Å². The fraction of sp³-hybridized carbons (Fsp3) is 0.857. The van der Waals surface area contributed by atoms with Crippen LogP contribution in [0.1, 0.15) is 92.4 Å². The van der Waals surface area contributed by atoms with Gasteiger partial charge in [-0.25, -0.2) is 0 Å². The average Bonchev–Trinajstić information content (AvgIpc) is 3.08. The summed E-state index contributed by atoms with van der Waals surface area (Å²) in [6.07, 6.45) is 20.6. The van der Waals surface area contributed by atoms with Crippen LogP contribution in [0.15, 0.2) is 23.8 Å². The van der Waals surface area contributed by atoms with E-state index in [0.29, 0.717) is 35.2 Å². The Bertz CT molecular complexity index is 647. The highest BCUT2D eigenvalue weighted by Gasteiger charge is 2.57. The van der Waals surface area contributed by atoms with Crippen LogP contribution in [0.2, 0.25) is 0 Å². The minimum atomic E-state index is 0.290. The predicted octanol–water partition coefficient (Wildman–Crippen LogP) is 7.41. The average molecular weight is 399 g/mol. The zero-order valence-corrected chi connectivity index (χ0v) is 19.8. The maximum atomic E-state index is 9.45. The molecule has 29 heavy (non-hydrogen) atoms. The first-order chi connectivity index (χ1) is 13.8. The summed E-state index contributed by atoms with van der Waals surface area (Å²) in [6.45, 7) is 12.5. The Morgan fingerprint density at radius 3 is 2.48 bits per heavy atom. The molecule has 4 aliphatic carbocycles. The highest BCUT2D eigenvalue weighted by Crippen LogP contribution is 2.66. The van der Waals surface area contributed by atoms with Crippen LogP contribution < -0.4 is 0 Å². The monoisotopic (exact) mass is 398 g/mol. The molecule has 0 radical (unpaired) electrons. The maximum absolute atomic E-state index is 9.45. The van der Waals surface area contributed by atoms with Crippen LogP contribution in [0, 0.1) is 52.3 Å². The van der Waals surface area contributed by atoms with Crippen LogP contribution in [-0.4, -0.2) is 11.7 Å². The first-order valence-corrected chi connectivity index (χ1v) is 12.8. The Morgan fingerprint density at radius 2 is 1.72 bits per heavy atom. The Labute approximate surface area is 180 Å². The van der Waals surface area contributed by atoms with Crippen molar-refractivity contribution >= 4 is 0 Å². The van der Waals surface area contributed by atoms with Crippen molar-refractivity contribution in [3.63, 3.8) is 0 Å². The molecule has 3 saturated carbocycles. The van der Waals surface area contributed by atoms with Gasteiger partial charge in [-0.1, -0.05) is 71.3 Å². The Balaban J connectivity index is 1.52. The molecule has 164 valence electrons. The molecule has 4 aliphatic rings. The van der Waals surface area contributed by atoms with E-state index in [4.69, 9.17) is 0 Å². The normalized spacial score (nSPS) is 45.1. The minimum absolute atomic E-state index is 0.290. The molecule has 0 aliphatic heterocycles. The van der Waals surface area contributed by atoms with Gasteiger partial charge in [-0.05, 0) is 97.2 Å². The van der Waals surface area contributed by atoms with Gasteiger partial charge in [-0.2, -0.15) is 0 Å². The van der Waals surface area contributed by atoms with E-state index in [1.807, 2.05) is 5.57 Å². The Hall–Kier alpha value is -0.560. The van der Waals surface area contributed by atoms with Crippen molar-refractivity contribution in [3.8, 4) is 0 Å².